The zero-order valence-corrected chi connectivity index (χ0v) is 17.9. The van der Waals surface area contributed by atoms with Crippen LogP contribution in [0.3, 0.4) is 0 Å². The third-order valence-corrected chi connectivity index (χ3v) is 6.68. The number of carbonyl (C=O) groups excluding carboxylic acids is 2. The number of esters is 1. The Balaban J connectivity index is 1.75. The van der Waals surface area contributed by atoms with E-state index in [1.54, 1.807) is 18.3 Å². The fourth-order valence-corrected chi connectivity index (χ4v) is 5.20. The summed E-state index contributed by atoms with van der Waals surface area (Å²) in [6.45, 7) is 3.97. The standard InChI is InChI=1S/C23H22ClNO3S/c1-3-28-23(27)20-13(2)25-17-11-15(14-6-8-16(24)9-7-14)12-18(26)21(17)22(20)19-5-4-10-29-19/h4-10,15,22,25H,3,11-12H2,1-2H3. The Kier molecular flexibility index (Phi) is 5.61. The molecule has 0 fully saturated rings. The summed E-state index contributed by atoms with van der Waals surface area (Å²) in [7, 11) is 0. The summed E-state index contributed by atoms with van der Waals surface area (Å²) in [4.78, 5) is 27.1. The number of ether oxygens (including phenoxy) is 1. The quantitative estimate of drug-likeness (QED) is 0.670. The molecule has 6 heteroatoms. The van der Waals surface area contributed by atoms with Crippen LogP contribution >= 0.6 is 22.9 Å². The van der Waals surface area contributed by atoms with E-state index in [0.717, 1.165) is 28.3 Å². The molecule has 0 spiro atoms. The molecule has 0 bridgehead atoms. The minimum Gasteiger partial charge on any atom is -0.463 e. The van der Waals surface area contributed by atoms with E-state index >= 15 is 0 Å². The molecule has 29 heavy (non-hydrogen) atoms. The van der Waals surface area contributed by atoms with E-state index in [0.29, 0.717) is 29.2 Å². The molecular formula is C23H22ClNO3S. The number of allylic oxidation sites excluding steroid dienone is 3. The minimum atomic E-state index is -0.371. The summed E-state index contributed by atoms with van der Waals surface area (Å²) < 4.78 is 5.32. The maximum Gasteiger partial charge on any atom is 0.336 e. The van der Waals surface area contributed by atoms with E-state index in [4.69, 9.17) is 16.3 Å². The molecule has 2 atom stereocenters. The topological polar surface area (TPSA) is 55.4 Å². The SMILES string of the molecule is CCOC(=O)C1=C(C)NC2=C(C(=O)CC(c3ccc(Cl)cc3)C2)C1c1cccs1. The first-order chi connectivity index (χ1) is 14.0. The third-order valence-electron chi connectivity index (χ3n) is 5.49. The second-order valence-corrected chi connectivity index (χ2v) is 8.72. The monoisotopic (exact) mass is 427 g/mol. The van der Waals surface area contributed by atoms with Gasteiger partial charge in [-0.05, 0) is 55.3 Å². The average molecular weight is 428 g/mol. The molecule has 4 rings (SSSR count). The van der Waals surface area contributed by atoms with Crippen molar-refractivity contribution in [3.63, 3.8) is 0 Å². The van der Waals surface area contributed by atoms with Crippen molar-refractivity contribution < 1.29 is 14.3 Å². The summed E-state index contributed by atoms with van der Waals surface area (Å²) in [6.07, 6.45) is 1.14. The highest BCUT2D eigenvalue weighted by atomic mass is 35.5. The van der Waals surface area contributed by atoms with Crippen molar-refractivity contribution in [2.24, 2.45) is 0 Å². The van der Waals surface area contributed by atoms with Gasteiger partial charge in [-0.15, -0.1) is 11.3 Å². The van der Waals surface area contributed by atoms with Gasteiger partial charge in [-0.1, -0.05) is 29.8 Å². The summed E-state index contributed by atoms with van der Waals surface area (Å²) in [5.74, 6) is -0.572. The van der Waals surface area contributed by atoms with Crippen LogP contribution in [0.4, 0.5) is 0 Å². The van der Waals surface area contributed by atoms with E-state index in [-0.39, 0.29) is 23.6 Å². The molecule has 1 N–H and O–H groups in total. The van der Waals surface area contributed by atoms with Crippen molar-refractivity contribution in [1.29, 1.82) is 0 Å². The average Bonchev–Trinajstić information content (AvgIpc) is 3.22. The van der Waals surface area contributed by atoms with E-state index in [1.807, 2.05) is 48.7 Å². The van der Waals surface area contributed by atoms with Crippen molar-refractivity contribution in [3.8, 4) is 0 Å². The fraction of sp³-hybridized carbons (Fsp3) is 0.304. The molecule has 0 saturated carbocycles. The molecule has 0 radical (unpaired) electrons. The number of ketones is 1. The highest BCUT2D eigenvalue weighted by Crippen LogP contribution is 2.46. The summed E-state index contributed by atoms with van der Waals surface area (Å²) in [6, 6.07) is 11.6. The number of benzene rings is 1. The zero-order chi connectivity index (χ0) is 20.5. The lowest BCUT2D eigenvalue weighted by Gasteiger charge is -2.36. The Hall–Kier alpha value is -2.37. The van der Waals surface area contributed by atoms with Gasteiger partial charge < -0.3 is 10.1 Å². The number of Topliss-reactive ketones (excluding diaryl/α,β-unsaturated/α-hetero) is 1. The lowest BCUT2D eigenvalue weighted by atomic mass is 9.73. The largest absolute Gasteiger partial charge is 0.463 e. The normalized spacial score (nSPS) is 21.7. The predicted octanol–water partition coefficient (Wildman–Crippen LogP) is 5.33. The van der Waals surface area contributed by atoms with Gasteiger partial charge in [-0.3, -0.25) is 4.79 Å². The van der Waals surface area contributed by atoms with Crippen molar-refractivity contribution in [1.82, 2.24) is 5.32 Å². The van der Waals surface area contributed by atoms with Crippen molar-refractivity contribution in [3.05, 3.63) is 79.8 Å². The van der Waals surface area contributed by atoms with Crippen LogP contribution in [0, 0.1) is 0 Å². The summed E-state index contributed by atoms with van der Waals surface area (Å²) in [5.41, 5.74) is 3.99. The zero-order valence-electron chi connectivity index (χ0n) is 16.3. The molecule has 150 valence electrons. The molecule has 2 aliphatic rings. The van der Waals surface area contributed by atoms with Crippen molar-refractivity contribution in [2.45, 2.75) is 38.5 Å². The Morgan fingerprint density at radius 2 is 2.00 bits per heavy atom. The minimum absolute atomic E-state index is 0.0754. The van der Waals surface area contributed by atoms with Crippen LogP contribution in [0.2, 0.25) is 5.02 Å². The first-order valence-electron chi connectivity index (χ1n) is 9.69. The lowest BCUT2D eigenvalue weighted by Crippen LogP contribution is -2.35. The van der Waals surface area contributed by atoms with Gasteiger partial charge in [0.15, 0.2) is 5.78 Å². The molecule has 0 saturated heterocycles. The van der Waals surface area contributed by atoms with Gasteiger partial charge >= 0.3 is 5.97 Å². The first kappa shape index (κ1) is 19.9. The van der Waals surface area contributed by atoms with Crippen LogP contribution in [-0.2, 0) is 14.3 Å². The van der Waals surface area contributed by atoms with Crippen LogP contribution in [0.1, 0.15) is 49.0 Å². The number of nitrogens with one attached hydrogen (secondary N) is 1. The van der Waals surface area contributed by atoms with Crippen LogP contribution < -0.4 is 5.32 Å². The summed E-state index contributed by atoms with van der Waals surface area (Å²) in [5, 5.41) is 6.01. The number of hydrogen-bond donors (Lipinski definition) is 1. The Morgan fingerprint density at radius 3 is 2.66 bits per heavy atom. The maximum atomic E-state index is 13.3. The molecule has 2 unspecified atom stereocenters. The van der Waals surface area contributed by atoms with Gasteiger partial charge in [-0.25, -0.2) is 4.79 Å². The second-order valence-electron chi connectivity index (χ2n) is 7.30. The number of thiophene rings is 1. The van der Waals surface area contributed by atoms with Gasteiger partial charge in [0.05, 0.1) is 18.1 Å². The first-order valence-corrected chi connectivity index (χ1v) is 10.9. The third kappa shape index (κ3) is 3.77. The smallest absolute Gasteiger partial charge is 0.336 e. The van der Waals surface area contributed by atoms with Gasteiger partial charge in [0.2, 0.25) is 0 Å². The predicted molar refractivity (Wildman–Crippen MR) is 115 cm³/mol. The Bertz CT molecular complexity index is 1010. The van der Waals surface area contributed by atoms with Crippen LogP contribution in [-0.4, -0.2) is 18.4 Å². The molecule has 1 aliphatic carbocycles. The van der Waals surface area contributed by atoms with E-state index in [2.05, 4.69) is 5.32 Å². The second kappa shape index (κ2) is 8.17. The molecule has 1 aromatic heterocycles. The van der Waals surface area contributed by atoms with Crippen molar-refractivity contribution in [2.75, 3.05) is 6.61 Å². The molecule has 2 aromatic rings. The van der Waals surface area contributed by atoms with Crippen LogP contribution in [0.25, 0.3) is 0 Å². The fourth-order valence-electron chi connectivity index (χ4n) is 4.23. The van der Waals surface area contributed by atoms with Gasteiger partial charge in [-0.2, -0.15) is 0 Å². The molecule has 0 amide bonds. The Morgan fingerprint density at radius 1 is 1.24 bits per heavy atom. The highest BCUT2D eigenvalue weighted by Gasteiger charge is 2.41. The number of carbonyl (C=O) groups is 2. The van der Waals surface area contributed by atoms with E-state index in [1.165, 1.54) is 0 Å². The van der Waals surface area contributed by atoms with Crippen LogP contribution in [0.15, 0.2) is 64.3 Å². The van der Waals surface area contributed by atoms with E-state index in [9.17, 15) is 9.59 Å². The highest BCUT2D eigenvalue weighted by molar-refractivity contribution is 7.10. The molecule has 1 aliphatic heterocycles. The molecular weight excluding hydrogens is 406 g/mol. The number of hydrogen-bond acceptors (Lipinski definition) is 5. The van der Waals surface area contributed by atoms with Crippen LogP contribution in [0.5, 0.6) is 0 Å². The molecule has 2 heterocycles. The lowest BCUT2D eigenvalue weighted by molar-refractivity contribution is -0.138. The van der Waals surface area contributed by atoms with Gasteiger partial charge in [0, 0.05) is 33.3 Å². The molecule has 4 nitrogen and oxygen atoms in total. The van der Waals surface area contributed by atoms with Crippen molar-refractivity contribution >= 4 is 34.7 Å². The van der Waals surface area contributed by atoms with Gasteiger partial charge in [0.1, 0.15) is 0 Å². The maximum absolute atomic E-state index is 13.3. The Labute approximate surface area is 179 Å². The van der Waals surface area contributed by atoms with Gasteiger partial charge in [0.25, 0.3) is 0 Å². The van der Waals surface area contributed by atoms with E-state index < -0.39 is 0 Å². The molecule has 1 aromatic carbocycles. The number of rotatable bonds is 4. The number of dihydropyridines is 1. The number of halogens is 1. The summed E-state index contributed by atoms with van der Waals surface area (Å²) >= 11 is 7.58.